The summed E-state index contributed by atoms with van der Waals surface area (Å²) >= 11 is 0. The molecule has 0 heterocycles. The molecule has 1 aromatic rings. The van der Waals surface area contributed by atoms with Crippen molar-refractivity contribution in [2.75, 3.05) is 0 Å². The number of nitrogens with two attached hydrogens (primary N) is 1. The summed E-state index contributed by atoms with van der Waals surface area (Å²) in [5.74, 6) is -0.361. The molecular weight excluding hydrogens is 254 g/mol. The first kappa shape index (κ1) is 15.4. The highest BCUT2D eigenvalue weighted by molar-refractivity contribution is 5.80. The average Bonchev–Trinajstić information content (AvgIpc) is 2.29. The molecule has 0 fully saturated rings. The largest absolute Gasteiger partial charge is 0.434 e. The van der Waals surface area contributed by atoms with Crippen LogP contribution in [0.4, 0.5) is 8.78 Å². The van der Waals surface area contributed by atoms with Gasteiger partial charge >= 0.3 is 6.61 Å². The molecule has 0 aliphatic rings. The molecule has 106 valence electrons. The van der Waals surface area contributed by atoms with Crippen molar-refractivity contribution in [3.8, 4) is 5.75 Å². The minimum Gasteiger partial charge on any atom is -0.434 e. The Labute approximate surface area is 110 Å². The van der Waals surface area contributed by atoms with Gasteiger partial charge in [0.2, 0.25) is 5.91 Å². The van der Waals surface area contributed by atoms with Gasteiger partial charge in [0, 0.05) is 12.1 Å². The van der Waals surface area contributed by atoms with E-state index in [1.54, 1.807) is 18.2 Å². The fraction of sp³-hybridized carbons (Fsp3) is 0.462. The van der Waals surface area contributed by atoms with Gasteiger partial charge in [-0.05, 0) is 12.0 Å². The van der Waals surface area contributed by atoms with Crippen LogP contribution in [0.2, 0.25) is 0 Å². The zero-order valence-corrected chi connectivity index (χ0v) is 10.9. The number of rotatable bonds is 7. The molecule has 4 nitrogen and oxygen atoms in total. The van der Waals surface area contributed by atoms with Gasteiger partial charge in [-0.15, -0.1) is 0 Å². The molecule has 0 radical (unpaired) electrons. The summed E-state index contributed by atoms with van der Waals surface area (Å²) in [7, 11) is 0. The summed E-state index contributed by atoms with van der Waals surface area (Å²) in [6.07, 6.45) is 0. The number of para-hydroxylation sites is 1. The van der Waals surface area contributed by atoms with Gasteiger partial charge in [-0.2, -0.15) is 8.78 Å². The molecule has 1 amide bonds. The Morgan fingerprint density at radius 1 is 1.37 bits per heavy atom. The summed E-state index contributed by atoms with van der Waals surface area (Å²) in [6, 6.07) is 5.92. The van der Waals surface area contributed by atoms with Crippen LogP contribution in [0.15, 0.2) is 24.3 Å². The molecule has 0 aliphatic heterocycles. The Bertz CT molecular complexity index is 425. The molecule has 1 rings (SSSR count). The second kappa shape index (κ2) is 7.04. The second-order valence-electron chi connectivity index (χ2n) is 4.49. The molecule has 0 aromatic heterocycles. The van der Waals surface area contributed by atoms with E-state index in [0.29, 0.717) is 5.56 Å². The topological polar surface area (TPSA) is 64.3 Å². The lowest BCUT2D eigenvalue weighted by molar-refractivity contribution is -0.121. The first-order valence-corrected chi connectivity index (χ1v) is 5.97. The molecule has 0 saturated carbocycles. The predicted octanol–water partition coefficient (Wildman–Crippen LogP) is 1.89. The van der Waals surface area contributed by atoms with Crippen molar-refractivity contribution < 1.29 is 18.3 Å². The van der Waals surface area contributed by atoms with Crippen molar-refractivity contribution in [2.24, 2.45) is 11.7 Å². The third-order valence-corrected chi connectivity index (χ3v) is 2.67. The molecule has 1 atom stereocenters. The number of hydrogen-bond donors (Lipinski definition) is 2. The summed E-state index contributed by atoms with van der Waals surface area (Å²) in [5.41, 5.74) is 5.82. The Morgan fingerprint density at radius 2 is 2.00 bits per heavy atom. The Balaban J connectivity index is 2.74. The van der Waals surface area contributed by atoms with Gasteiger partial charge in [-0.3, -0.25) is 4.79 Å². The third kappa shape index (κ3) is 4.82. The molecule has 19 heavy (non-hydrogen) atoms. The Kier molecular flexibility index (Phi) is 5.69. The van der Waals surface area contributed by atoms with E-state index in [1.807, 2.05) is 13.8 Å². The maximum absolute atomic E-state index is 12.2. The lowest BCUT2D eigenvalue weighted by Crippen LogP contribution is -2.44. The van der Waals surface area contributed by atoms with Gasteiger partial charge in [0.15, 0.2) is 0 Å². The van der Waals surface area contributed by atoms with E-state index in [0.717, 1.165) is 0 Å². The minimum atomic E-state index is -2.88. The lowest BCUT2D eigenvalue weighted by atomic mass is 10.0. The minimum absolute atomic E-state index is 0.0145. The lowest BCUT2D eigenvalue weighted by Gasteiger charge is -2.20. The SMILES string of the molecule is CC(C)C(NCc1ccccc1OC(F)F)C(N)=O. The number of benzene rings is 1. The van der Waals surface area contributed by atoms with Crippen LogP contribution in [0, 0.1) is 5.92 Å². The fourth-order valence-electron chi connectivity index (χ4n) is 1.75. The van der Waals surface area contributed by atoms with E-state index in [2.05, 4.69) is 10.1 Å². The van der Waals surface area contributed by atoms with Crippen LogP contribution in [-0.2, 0) is 11.3 Å². The van der Waals surface area contributed by atoms with Crippen LogP contribution in [0.5, 0.6) is 5.75 Å². The number of nitrogens with one attached hydrogen (secondary N) is 1. The first-order valence-electron chi connectivity index (χ1n) is 5.97. The van der Waals surface area contributed by atoms with Crippen LogP contribution in [-0.4, -0.2) is 18.6 Å². The molecule has 3 N–H and O–H groups in total. The summed E-state index contributed by atoms with van der Waals surface area (Å²) in [5, 5.41) is 2.95. The summed E-state index contributed by atoms with van der Waals surface area (Å²) in [6.45, 7) is 1.06. The highest BCUT2D eigenvalue weighted by Gasteiger charge is 2.19. The Hall–Kier alpha value is -1.69. The molecule has 1 unspecified atom stereocenters. The van der Waals surface area contributed by atoms with Crippen LogP contribution in [0.25, 0.3) is 0 Å². The quantitative estimate of drug-likeness (QED) is 0.796. The number of carbonyl (C=O) groups excluding carboxylic acids is 1. The number of hydrogen-bond acceptors (Lipinski definition) is 3. The van der Waals surface area contributed by atoms with Crippen LogP contribution in [0.1, 0.15) is 19.4 Å². The maximum Gasteiger partial charge on any atom is 0.387 e. The third-order valence-electron chi connectivity index (χ3n) is 2.67. The van der Waals surface area contributed by atoms with E-state index in [4.69, 9.17) is 5.73 Å². The molecule has 0 bridgehead atoms. The van der Waals surface area contributed by atoms with E-state index < -0.39 is 18.6 Å². The van der Waals surface area contributed by atoms with Gasteiger partial charge < -0.3 is 15.8 Å². The molecule has 1 aromatic carbocycles. The van der Waals surface area contributed by atoms with Crippen LogP contribution < -0.4 is 15.8 Å². The standard InChI is InChI=1S/C13H18F2N2O2/c1-8(2)11(12(16)18)17-7-9-5-3-4-6-10(9)19-13(14)15/h3-6,8,11,13,17H,7H2,1-2H3,(H2,16,18). The molecule has 0 aliphatic carbocycles. The molecular formula is C13H18F2N2O2. The van der Waals surface area contributed by atoms with Crippen molar-refractivity contribution in [1.82, 2.24) is 5.32 Å². The highest BCUT2D eigenvalue weighted by atomic mass is 19.3. The fourth-order valence-corrected chi connectivity index (χ4v) is 1.75. The van der Waals surface area contributed by atoms with E-state index >= 15 is 0 Å². The number of alkyl halides is 2. The highest BCUT2D eigenvalue weighted by Crippen LogP contribution is 2.20. The maximum atomic E-state index is 12.2. The smallest absolute Gasteiger partial charge is 0.387 e. The summed E-state index contributed by atoms with van der Waals surface area (Å²) in [4.78, 5) is 11.2. The number of halogens is 2. The number of amides is 1. The van der Waals surface area contributed by atoms with Gasteiger partial charge in [0.25, 0.3) is 0 Å². The monoisotopic (exact) mass is 272 g/mol. The van der Waals surface area contributed by atoms with Crippen LogP contribution in [0.3, 0.4) is 0 Å². The van der Waals surface area contributed by atoms with Crippen molar-refractivity contribution in [3.05, 3.63) is 29.8 Å². The first-order chi connectivity index (χ1) is 8.91. The van der Waals surface area contributed by atoms with Crippen LogP contribution >= 0.6 is 0 Å². The number of carbonyl (C=O) groups is 1. The van der Waals surface area contributed by atoms with Crippen molar-refractivity contribution in [1.29, 1.82) is 0 Å². The van der Waals surface area contributed by atoms with E-state index in [-0.39, 0.29) is 18.2 Å². The zero-order chi connectivity index (χ0) is 14.4. The predicted molar refractivity (Wildman–Crippen MR) is 67.7 cm³/mol. The van der Waals surface area contributed by atoms with E-state index in [9.17, 15) is 13.6 Å². The zero-order valence-electron chi connectivity index (χ0n) is 10.9. The van der Waals surface area contributed by atoms with Gasteiger partial charge in [0.05, 0.1) is 6.04 Å². The second-order valence-corrected chi connectivity index (χ2v) is 4.49. The molecule has 0 spiro atoms. The number of ether oxygens (including phenoxy) is 1. The van der Waals surface area contributed by atoms with Gasteiger partial charge in [0.1, 0.15) is 5.75 Å². The van der Waals surface area contributed by atoms with E-state index in [1.165, 1.54) is 6.07 Å². The van der Waals surface area contributed by atoms with Crippen molar-refractivity contribution >= 4 is 5.91 Å². The normalized spacial score (nSPS) is 12.7. The van der Waals surface area contributed by atoms with Gasteiger partial charge in [-0.25, -0.2) is 0 Å². The Morgan fingerprint density at radius 3 is 2.53 bits per heavy atom. The average molecular weight is 272 g/mol. The number of primary amides is 1. The molecule has 6 heteroatoms. The van der Waals surface area contributed by atoms with Gasteiger partial charge in [-0.1, -0.05) is 32.0 Å². The summed E-state index contributed by atoms with van der Waals surface area (Å²) < 4.78 is 28.9. The van der Waals surface area contributed by atoms with Crippen molar-refractivity contribution in [2.45, 2.75) is 33.0 Å². The molecule has 0 saturated heterocycles. The van der Waals surface area contributed by atoms with Crippen molar-refractivity contribution in [3.63, 3.8) is 0 Å².